The maximum atomic E-state index is 11.2. The zero-order valence-electron chi connectivity index (χ0n) is 12.5. The van der Waals surface area contributed by atoms with E-state index in [1.807, 2.05) is 6.92 Å². The Kier molecular flexibility index (Phi) is 6.72. The van der Waals surface area contributed by atoms with Crippen LogP contribution in [0.3, 0.4) is 0 Å². The lowest BCUT2D eigenvalue weighted by Gasteiger charge is -2.17. The second kappa shape index (κ2) is 8.29. The normalized spacial score (nSPS) is 11.9. The third kappa shape index (κ3) is 4.77. The summed E-state index contributed by atoms with van der Waals surface area (Å²) in [5.74, 6) is -2.12. The minimum Gasteiger partial charge on any atom is -0.491 e. The molecule has 0 saturated carbocycles. The summed E-state index contributed by atoms with van der Waals surface area (Å²) in [6.45, 7) is 4.49. The molecule has 5 heteroatoms. The van der Waals surface area contributed by atoms with Gasteiger partial charge < -0.3 is 14.9 Å². The molecule has 0 heterocycles. The molecular formula is C16H22O5. The predicted molar refractivity (Wildman–Crippen MR) is 79.2 cm³/mol. The molecule has 1 unspecified atom stereocenters. The SMILES string of the molecule is CCCCC(CC)COc1c(C(=O)O)cccc1C(=O)O. The number of aromatic carboxylic acids is 2. The van der Waals surface area contributed by atoms with Gasteiger partial charge in [0.15, 0.2) is 0 Å². The molecule has 5 nitrogen and oxygen atoms in total. The van der Waals surface area contributed by atoms with Crippen LogP contribution in [0.5, 0.6) is 5.75 Å². The van der Waals surface area contributed by atoms with Crippen LogP contribution in [0.2, 0.25) is 0 Å². The zero-order chi connectivity index (χ0) is 15.8. The van der Waals surface area contributed by atoms with Gasteiger partial charge >= 0.3 is 11.9 Å². The molecule has 2 N–H and O–H groups in total. The van der Waals surface area contributed by atoms with E-state index in [1.165, 1.54) is 18.2 Å². The first-order valence-electron chi connectivity index (χ1n) is 7.23. The van der Waals surface area contributed by atoms with Crippen molar-refractivity contribution in [2.75, 3.05) is 6.61 Å². The summed E-state index contributed by atoms with van der Waals surface area (Å²) in [6.07, 6.45) is 4.07. The molecule has 116 valence electrons. The highest BCUT2D eigenvalue weighted by Crippen LogP contribution is 2.26. The first kappa shape index (κ1) is 17.0. The van der Waals surface area contributed by atoms with Crippen LogP contribution >= 0.6 is 0 Å². The van der Waals surface area contributed by atoms with Crippen molar-refractivity contribution in [1.29, 1.82) is 0 Å². The number of hydrogen-bond donors (Lipinski definition) is 2. The molecule has 0 radical (unpaired) electrons. The van der Waals surface area contributed by atoms with E-state index in [-0.39, 0.29) is 16.9 Å². The Morgan fingerprint density at radius 1 is 1.14 bits per heavy atom. The van der Waals surface area contributed by atoms with E-state index < -0.39 is 11.9 Å². The van der Waals surface area contributed by atoms with E-state index in [9.17, 15) is 9.59 Å². The van der Waals surface area contributed by atoms with Crippen molar-refractivity contribution >= 4 is 11.9 Å². The van der Waals surface area contributed by atoms with Crippen LogP contribution in [0.15, 0.2) is 18.2 Å². The molecule has 1 aromatic rings. The van der Waals surface area contributed by atoms with Crippen molar-refractivity contribution in [3.8, 4) is 5.75 Å². The number of carbonyl (C=O) groups is 2. The molecule has 0 aliphatic heterocycles. The average Bonchev–Trinajstić information content (AvgIpc) is 2.46. The molecule has 0 fully saturated rings. The van der Waals surface area contributed by atoms with Gasteiger partial charge in [0.2, 0.25) is 0 Å². The number of carboxylic acids is 2. The molecule has 1 rings (SSSR count). The fourth-order valence-corrected chi connectivity index (χ4v) is 2.13. The van der Waals surface area contributed by atoms with Crippen LogP contribution < -0.4 is 4.74 Å². The van der Waals surface area contributed by atoms with E-state index >= 15 is 0 Å². The number of unbranched alkanes of at least 4 members (excludes halogenated alkanes) is 1. The standard InChI is InChI=1S/C16H22O5/c1-3-5-7-11(4-2)10-21-14-12(15(17)18)8-6-9-13(14)16(19)20/h6,8-9,11H,3-5,7,10H2,1-2H3,(H,17,18)(H,19,20). The second-order valence-electron chi connectivity index (χ2n) is 5.02. The molecule has 1 atom stereocenters. The van der Waals surface area contributed by atoms with Gasteiger partial charge in [0.1, 0.15) is 16.9 Å². The average molecular weight is 294 g/mol. The molecule has 1 aromatic carbocycles. The number of benzene rings is 1. The molecule has 0 aliphatic carbocycles. The third-order valence-electron chi connectivity index (χ3n) is 3.48. The Morgan fingerprint density at radius 3 is 2.14 bits per heavy atom. The smallest absolute Gasteiger partial charge is 0.339 e. The first-order valence-corrected chi connectivity index (χ1v) is 7.23. The summed E-state index contributed by atoms with van der Waals surface area (Å²) in [6, 6.07) is 4.13. The fourth-order valence-electron chi connectivity index (χ4n) is 2.13. The zero-order valence-corrected chi connectivity index (χ0v) is 12.5. The van der Waals surface area contributed by atoms with Crippen molar-refractivity contribution in [3.05, 3.63) is 29.3 Å². The number of para-hydroxylation sites is 1. The molecule has 0 aromatic heterocycles. The summed E-state index contributed by atoms with van der Waals surface area (Å²) in [5, 5.41) is 18.3. The number of rotatable bonds is 9. The van der Waals surface area contributed by atoms with Crippen molar-refractivity contribution in [1.82, 2.24) is 0 Å². The molecular weight excluding hydrogens is 272 g/mol. The van der Waals surface area contributed by atoms with Gasteiger partial charge in [-0.15, -0.1) is 0 Å². The van der Waals surface area contributed by atoms with Gasteiger partial charge in [-0.2, -0.15) is 0 Å². The number of carboxylic acid groups (broad SMARTS) is 2. The molecule has 0 saturated heterocycles. The van der Waals surface area contributed by atoms with E-state index in [1.54, 1.807) is 0 Å². The molecule has 0 bridgehead atoms. The lowest BCUT2D eigenvalue weighted by molar-refractivity contribution is 0.0686. The summed E-state index contributed by atoms with van der Waals surface area (Å²) >= 11 is 0. The monoisotopic (exact) mass is 294 g/mol. The molecule has 21 heavy (non-hydrogen) atoms. The van der Waals surface area contributed by atoms with Gasteiger partial charge in [-0.3, -0.25) is 0 Å². The van der Waals surface area contributed by atoms with E-state index in [0.29, 0.717) is 12.5 Å². The van der Waals surface area contributed by atoms with Crippen molar-refractivity contribution in [2.24, 2.45) is 5.92 Å². The number of ether oxygens (including phenoxy) is 1. The van der Waals surface area contributed by atoms with Crippen LogP contribution in [0, 0.1) is 5.92 Å². The Bertz CT molecular complexity index is 463. The van der Waals surface area contributed by atoms with Gasteiger partial charge in [0, 0.05) is 0 Å². The summed E-state index contributed by atoms with van der Waals surface area (Å²) < 4.78 is 5.58. The highest BCUT2D eigenvalue weighted by atomic mass is 16.5. The van der Waals surface area contributed by atoms with Gasteiger partial charge in [-0.1, -0.05) is 39.2 Å². The maximum absolute atomic E-state index is 11.2. The van der Waals surface area contributed by atoms with E-state index in [0.717, 1.165) is 25.7 Å². The predicted octanol–water partition coefficient (Wildman–Crippen LogP) is 3.68. The molecule has 0 amide bonds. The summed E-state index contributed by atoms with van der Waals surface area (Å²) in [5.41, 5.74) is -0.222. The van der Waals surface area contributed by atoms with Crippen LogP contribution in [0.25, 0.3) is 0 Å². The van der Waals surface area contributed by atoms with Gasteiger partial charge in [-0.25, -0.2) is 9.59 Å². The number of hydrogen-bond acceptors (Lipinski definition) is 3. The second-order valence-corrected chi connectivity index (χ2v) is 5.02. The lowest BCUT2D eigenvalue weighted by Crippen LogP contribution is -2.15. The molecule has 0 aliphatic rings. The van der Waals surface area contributed by atoms with Crippen LogP contribution in [0.4, 0.5) is 0 Å². The van der Waals surface area contributed by atoms with Crippen molar-refractivity contribution < 1.29 is 24.5 Å². The Balaban J connectivity index is 2.94. The minimum absolute atomic E-state index is 0.0487. The van der Waals surface area contributed by atoms with Crippen molar-refractivity contribution in [3.63, 3.8) is 0 Å². The quantitative estimate of drug-likeness (QED) is 0.725. The molecule has 0 spiro atoms. The van der Waals surface area contributed by atoms with Gasteiger partial charge in [-0.05, 0) is 24.5 Å². The minimum atomic E-state index is -1.19. The fraction of sp³-hybridized carbons (Fsp3) is 0.500. The van der Waals surface area contributed by atoms with Crippen LogP contribution in [-0.2, 0) is 0 Å². The topological polar surface area (TPSA) is 83.8 Å². The van der Waals surface area contributed by atoms with Crippen LogP contribution in [0.1, 0.15) is 60.2 Å². The summed E-state index contributed by atoms with van der Waals surface area (Å²) in [4.78, 5) is 22.4. The van der Waals surface area contributed by atoms with E-state index in [2.05, 4.69) is 6.92 Å². The van der Waals surface area contributed by atoms with Crippen molar-refractivity contribution in [2.45, 2.75) is 39.5 Å². The largest absolute Gasteiger partial charge is 0.491 e. The van der Waals surface area contributed by atoms with Gasteiger partial charge in [0.25, 0.3) is 0 Å². The van der Waals surface area contributed by atoms with Gasteiger partial charge in [0.05, 0.1) is 6.61 Å². The highest BCUT2D eigenvalue weighted by molar-refractivity contribution is 5.98. The van der Waals surface area contributed by atoms with Crippen LogP contribution in [-0.4, -0.2) is 28.8 Å². The van der Waals surface area contributed by atoms with E-state index in [4.69, 9.17) is 14.9 Å². The Morgan fingerprint density at radius 2 is 1.71 bits per heavy atom. The first-order chi connectivity index (χ1) is 10.0. The lowest BCUT2D eigenvalue weighted by atomic mass is 10.0. The third-order valence-corrected chi connectivity index (χ3v) is 3.48. The Hall–Kier alpha value is -2.04. The highest BCUT2D eigenvalue weighted by Gasteiger charge is 2.20. The Labute approximate surface area is 124 Å². The summed E-state index contributed by atoms with van der Waals surface area (Å²) in [7, 11) is 0. The maximum Gasteiger partial charge on any atom is 0.339 e.